The van der Waals surface area contributed by atoms with Crippen LogP contribution in [0.3, 0.4) is 0 Å². The molecule has 0 saturated carbocycles. The molecule has 0 unspecified atom stereocenters. The maximum atomic E-state index is 11.6. The van der Waals surface area contributed by atoms with Crippen LogP contribution in [0.25, 0.3) is 0 Å². The number of carbonyl (C=O) groups is 1. The molecule has 76 valence electrons. The standard InChI is InChI=1S/C10H13IN2O/c1-7-8(3-2-4-9(7)11)10(14)13-6-5-12/h2-4H,5-6,12H2,1H3,(H,13,14). The average molecular weight is 304 g/mol. The van der Waals surface area contributed by atoms with Gasteiger partial charge >= 0.3 is 0 Å². The third kappa shape index (κ3) is 2.68. The largest absolute Gasteiger partial charge is 0.351 e. The molecule has 0 aliphatic rings. The van der Waals surface area contributed by atoms with Crippen LogP contribution in [0.1, 0.15) is 15.9 Å². The van der Waals surface area contributed by atoms with Gasteiger partial charge in [-0.1, -0.05) is 6.07 Å². The summed E-state index contributed by atoms with van der Waals surface area (Å²) in [4.78, 5) is 11.6. The van der Waals surface area contributed by atoms with Crippen molar-refractivity contribution < 1.29 is 4.79 Å². The number of hydrogen-bond donors (Lipinski definition) is 2. The van der Waals surface area contributed by atoms with E-state index in [2.05, 4.69) is 27.9 Å². The molecule has 0 bridgehead atoms. The van der Waals surface area contributed by atoms with Gasteiger partial charge in [-0.3, -0.25) is 4.79 Å². The van der Waals surface area contributed by atoms with E-state index in [1.807, 2.05) is 25.1 Å². The van der Waals surface area contributed by atoms with E-state index in [-0.39, 0.29) is 5.91 Å². The summed E-state index contributed by atoms with van der Waals surface area (Å²) in [7, 11) is 0. The number of halogens is 1. The zero-order valence-electron chi connectivity index (χ0n) is 8.01. The van der Waals surface area contributed by atoms with Gasteiger partial charge in [0.1, 0.15) is 0 Å². The lowest BCUT2D eigenvalue weighted by Crippen LogP contribution is -2.29. The number of rotatable bonds is 3. The lowest BCUT2D eigenvalue weighted by atomic mass is 10.1. The van der Waals surface area contributed by atoms with Crippen LogP contribution < -0.4 is 11.1 Å². The van der Waals surface area contributed by atoms with Gasteiger partial charge < -0.3 is 11.1 Å². The summed E-state index contributed by atoms with van der Waals surface area (Å²) < 4.78 is 1.10. The van der Waals surface area contributed by atoms with Crippen LogP contribution in [0.2, 0.25) is 0 Å². The van der Waals surface area contributed by atoms with Crippen molar-refractivity contribution in [2.45, 2.75) is 6.92 Å². The van der Waals surface area contributed by atoms with E-state index in [0.29, 0.717) is 13.1 Å². The Labute approximate surface area is 97.2 Å². The second-order valence-corrected chi connectivity index (χ2v) is 4.12. The number of nitrogens with one attached hydrogen (secondary N) is 1. The van der Waals surface area contributed by atoms with Gasteiger partial charge in [-0.05, 0) is 47.2 Å². The first-order valence-corrected chi connectivity index (χ1v) is 5.48. The van der Waals surface area contributed by atoms with Crippen LogP contribution in [0.15, 0.2) is 18.2 Å². The SMILES string of the molecule is Cc1c(I)cccc1C(=O)NCCN. The van der Waals surface area contributed by atoms with Gasteiger partial charge in [-0.2, -0.15) is 0 Å². The number of nitrogens with two attached hydrogens (primary N) is 1. The molecule has 0 aliphatic carbocycles. The van der Waals surface area contributed by atoms with E-state index in [0.717, 1.165) is 14.7 Å². The molecule has 0 spiro atoms. The van der Waals surface area contributed by atoms with E-state index in [4.69, 9.17) is 5.73 Å². The summed E-state index contributed by atoms with van der Waals surface area (Å²) in [6, 6.07) is 5.69. The normalized spacial score (nSPS) is 9.93. The lowest BCUT2D eigenvalue weighted by molar-refractivity contribution is 0.0954. The summed E-state index contributed by atoms with van der Waals surface area (Å²) in [6.45, 7) is 2.93. The predicted octanol–water partition coefficient (Wildman–Crippen LogP) is 1.29. The molecule has 0 saturated heterocycles. The van der Waals surface area contributed by atoms with Gasteiger partial charge in [0, 0.05) is 22.2 Å². The number of carbonyl (C=O) groups excluding carboxylic acids is 1. The molecule has 3 nitrogen and oxygen atoms in total. The van der Waals surface area contributed by atoms with Crippen molar-refractivity contribution in [3.63, 3.8) is 0 Å². The Bertz CT molecular complexity index is 339. The first-order chi connectivity index (χ1) is 6.66. The summed E-state index contributed by atoms with van der Waals surface area (Å²) in [5.41, 5.74) is 7.05. The fourth-order valence-corrected chi connectivity index (χ4v) is 1.63. The second kappa shape index (κ2) is 5.31. The maximum absolute atomic E-state index is 11.6. The Morgan fingerprint density at radius 1 is 1.57 bits per heavy atom. The zero-order chi connectivity index (χ0) is 10.6. The molecular weight excluding hydrogens is 291 g/mol. The summed E-state index contributed by atoms with van der Waals surface area (Å²) in [5, 5.41) is 2.75. The van der Waals surface area contributed by atoms with Gasteiger partial charge in [0.2, 0.25) is 0 Å². The molecule has 0 fully saturated rings. The van der Waals surface area contributed by atoms with Crippen molar-refractivity contribution in [2.24, 2.45) is 5.73 Å². The van der Waals surface area contributed by atoms with Gasteiger partial charge in [-0.25, -0.2) is 0 Å². The number of amides is 1. The minimum atomic E-state index is -0.0496. The summed E-state index contributed by atoms with van der Waals surface area (Å²) >= 11 is 2.22. The fourth-order valence-electron chi connectivity index (χ4n) is 1.13. The van der Waals surface area contributed by atoms with Crippen molar-refractivity contribution in [3.05, 3.63) is 32.9 Å². The molecule has 0 atom stereocenters. The highest BCUT2D eigenvalue weighted by molar-refractivity contribution is 14.1. The fraction of sp³-hybridized carbons (Fsp3) is 0.300. The van der Waals surface area contributed by atoms with E-state index in [1.54, 1.807) is 0 Å². The third-order valence-electron chi connectivity index (χ3n) is 1.94. The maximum Gasteiger partial charge on any atom is 0.251 e. The highest BCUT2D eigenvalue weighted by Crippen LogP contribution is 2.15. The first kappa shape index (κ1) is 11.5. The molecule has 3 N–H and O–H groups in total. The van der Waals surface area contributed by atoms with E-state index in [9.17, 15) is 4.79 Å². The quantitative estimate of drug-likeness (QED) is 0.827. The Morgan fingerprint density at radius 3 is 2.93 bits per heavy atom. The molecule has 0 aliphatic heterocycles. The highest BCUT2D eigenvalue weighted by atomic mass is 127. The topological polar surface area (TPSA) is 55.1 Å². The van der Waals surface area contributed by atoms with Gasteiger partial charge in [0.25, 0.3) is 5.91 Å². The molecule has 1 rings (SSSR count). The van der Waals surface area contributed by atoms with E-state index in [1.165, 1.54) is 0 Å². The third-order valence-corrected chi connectivity index (χ3v) is 3.11. The number of benzene rings is 1. The molecular formula is C10H13IN2O. The van der Waals surface area contributed by atoms with Gasteiger partial charge in [0.05, 0.1) is 0 Å². The summed E-state index contributed by atoms with van der Waals surface area (Å²) in [6.07, 6.45) is 0. The minimum Gasteiger partial charge on any atom is -0.351 e. The van der Waals surface area contributed by atoms with Crippen LogP contribution in [-0.4, -0.2) is 19.0 Å². The highest BCUT2D eigenvalue weighted by Gasteiger charge is 2.08. The Kier molecular flexibility index (Phi) is 4.34. The van der Waals surface area contributed by atoms with Crippen LogP contribution >= 0.6 is 22.6 Å². The lowest BCUT2D eigenvalue weighted by Gasteiger charge is -2.07. The Balaban J connectivity index is 2.84. The second-order valence-electron chi connectivity index (χ2n) is 2.96. The van der Waals surface area contributed by atoms with Crippen molar-refractivity contribution in [1.82, 2.24) is 5.32 Å². The molecule has 1 amide bonds. The molecule has 0 heterocycles. The predicted molar refractivity (Wildman–Crippen MR) is 65.3 cm³/mol. The van der Waals surface area contributed by atoms with Crippen molar-refractivity contribution in [2.75, 3.05) is 13.1 Å². The number of hydrogen-bond acceptors (Lipinski definition) is 2. The summed E-state index contributed by atoms with van der Waals surface area (Å²) in [5.74, 6) is -0.0496. The Hall–Kier alpha value is -0.620. The Morgan fingerprint density at radius 2 is 2.29 bits per heavy atom. The monoisotopic (exact) mass is 304 g/mol. The van der Waals surface area contributed by atoms with Crippen molar-refractivity contribution in [3.8, 4) is 0 Å². The van der Waals surface area contributed by atoms with Crippen molar-refractivity contribution in [1.29, 1.82) is 0 Å². The smallest absolute Gasteiger partial charge is 0.251 e. The molecule has 1 aromatic carbocycles. The molecule has 0 aromatic heterocycles. The van der Waals surface area contributed by atoms with E-state index >= 15 is 0 Å². The molecule has 1 aromatic rings. The van der Waals surface area contributed by atoms with Crippen LogP contribution in [0.5, 0.6) is 0 Å². The first-order valence-electron chi connectivity index (χ1n) is 4.40. The van der Waals surface area contributed by atoms with Crippen LogP contribution in [0.4, 0.5) is 0 Å². The zero-order valence-corrected chi connectivity index (χ0v) is 10.2. The van der Waals surface area contributed by atoms with Crippen LogP contribution in [-0.2, 0) is 0 Å². The molecule has 0 radical (unpaired) electrons. The molecule has 4 heteroatoms. The van der Waals surface area contributed by atoms with Gasteiger partial charge in [-0.15, -0.1) is 0 Å². The van der Waals surface area contributed by atoms with E-state index < -0.39 is 0 Å². The van der Waals surface area contributed by atoms with Gasteiger partial charge in [0.15, 0.2) is 0 Å². The van der Waals surface area contributed by atoms with Crippen LogP contribution in [0, 0.1) is 10.5 Å². The van der Waals surface area contributed by atoms with Crippen molar-refractivity contribution >= 4 is 28.5 Å². The molecule has 14 heavy (non-hydrogen) atoms. The average Bonchev–Trinajstić information content (AvgIpc) is 2.18. The minimum absolute atomic E-state index is 0.0496.